The number of hydrogen-bond donors (Lipinski definition) is 1. The largest absolute Gasteiger partial charge is 0.357 e. The fourth-order valence-corrected chi connectivity index (χ4v) is 1.21. The molecule has 0 heterocycles. The first kappa shape index (κ1) is 12.5. The van der Waals surface area contributed by atoms with Crippen molar-refractivity contribution < 1.29 is 4.79 Å². The summed E-state index contributed by atoms with van der Waals surface area (Å²) in [5.74, 6) is -0.0476. The summed E-state index contributed by atoms with van der Waals surface area (Å²) in [6.07, 6.45) is 7.61. The molecule has 2 nitrogen and oxygen atoms in total. The smallest absolute Gasteiger partial charge is 0.211 e. The van der Waals surface area contributed by atoms with Crippen LogP contribution in [-0.2, 0) is 4.79 Å². The highest BCUT2D eigenvalue weighted by Gasteiger charge is 1.94. The molecule has 0 aliphatic rings. The number of amides is 1. The Bertz CT molecular complexity index is 128. The molecule has 0 aliphatic heterocycles. The van der Waals surface area contributed by atoms with Crippen molar-refractivity contribution in [2.75, 3.05) is 6.54 Å². The SMILES string of the molecule is [B]CC(=O)NCCCCCCCC. The van der Waals surface area contributed by atoms with Crippen molar-refractivity contribution in [1.29, 1.82) is 0 Å². The highest BCUT2D eigenvalue weighted by atomic mass is 16.1. The van der Waals surface area contributed by atoms with Crippen molar-refractivity contribution in [3.8, 4) is 0 Å². The molecular formula is C10H20BNO. The second-order valence-corrected chi connectivity index (χ2v) is 3.32. The third kappa shape index (κ3) is 9.45. The van der Waals surface area contributed by atoms with Crippen LogP contribution in [0.4, 0.5) is 0 Å². The third-order valence-electron chi connectivity index (χ3n) is 2.04. The van der Waals surface area contributed by atoms with Gasteiger partial charge in [0.1, 0.15) is 0 Å². The molecule has 0 unspecified atom stereocenters. The molecule has 0 saturated heterocycles. The van der Waals surface area contributed by atoms with E-state index < -0.39 is 0 Å². The second-order valence-electron chi connectivity index (χ2n) is 3.32. The summed E-state index contributed by atoms with van der Waals surface area (Å²) in [4.78, 5) is 10.7. The van der Waals surface area contributed by atoms with E-state index in [4.69, 9.17) is 7.85 Å². The maximum absolute atomic E-state index is 10.7. The monoisotopic (exact) mass is 181 g/mol. The molecule has 3 heteroatoms. The topological polar surface area (TPSA) is 29.1 Å². The van der Waals surface area contributed by atoms with E-state index in [0.29, 0.717) is 0 Å². The standard InChI is InChI=1S/C10H20BNO/c1-2-3-4-5-6-7-8-12-10(13)9-11/h2-9H2,1H3,(H,12,13). The molecule has 0 fully saturated rings. The van der Waals surface area contributed by atoms with Gasteiger partial charge in [-0.15, -0.1) is 0 Å². The van der Waals surface area contributed by atoms with E-state index in [2.05, 4.69) is 12.2 Å². The van der Waals surface area contributed by atoms with Crippen molar-refractivity contribution in [3.05, 3.63) is 0 Å². The maximum Gasteiger partial charge on any atom is 0.211 e. The molecular weight excluding hydrogens is 161 g/mol. The number of rotatable bonds is 8. The summed E-state index contributed by atoms with van der Waals surface area (Å²) in [5.41, 5.74) is 0. The van der Waals surface area contributed by atoms with Crippen molar-refractivity contribution in [1.82, 2.24) is 5.32 Å². The number of unbranched alkanes of at least 4 members (excludes halogenated alkanes) is 5. The Morgan fingerprint density at radius 3 is 2.38 bits per heavy atom. The summed E-state index contributed by atoms with van der Waals surface area (Å²) in [7, 11) is 5.14. The van der Waals surface area contributed by atoms with Crippen LogP contribution in [-0.4, -0.2) is 20.3 Å². The first-order valence-corrected chi connectivity index (χ1v) is 5.28. The van der Waals surface area contributed by atoms with E-state index in [1.54, 1.807) is 0 Å². The molecule has 0 atom stereocenters. The fraction of sp³-hybridized carbons (Fsp3) is 0.900. The van der Waals surface area contributed by atoms with Gasteiger partial charge in [-0.05, 0) is 12.7 Å². The zero-order valence-electron chi connectivity index (χ0n) is 8.64. The summed E-state index contributed by atoms with van der Waals surface area (Å²) in [6, 6.07) is 0. The highest BCUT2D eigenvalue weighted by Crippen LogP contribution is 2.03. The molecule has 0 spiro atoms. The zero-order valence-corrected chi connectivity index (χ0v) is 8.64. The lowest BCUT2D eigenvalue weighted by Crippen LogP contribution is -2.23. The quantitative estimate of drug-likeness (QED) is 0.450. The van der Waals surface area contributed by atoms with Crippen molar-refractivity contribution in [2.24, 2.45) is 0 Å². The van der Waals surface area contributed by atoms with E-state index in [9.17, 15) is 4.79 Å². The van der Waals surface area contributed by atoms with E-state index in [1.807, 2.05) is 0 Å². The van der Waals surface area contributed by atoms with Crippen LogP contribution in [0.15, 0.2) is 0 Å². The predicted octanol–water partition coefficient (Wildman–Crippen LogP) is 2.05. The van der Waals surface area contributed by atoms with Crippen molar-refractivity contribution in [3.63, 3.8) is 0 Å². The fourth-order valence-electron chi connectivity index (χ4n) is 1.21. The van der Waals surface area contributed by atoms with Crippen LogP contribution in [0.5, 0.6) is 0 Å². The Kier molecular flexibility index (Phi) is 9.28. The summed E-state index contributed by atoms with van der Waals surface area (Å²) in [6.45, 7) is 2.99. The van der Waals surface area contributed by atoms with E-state index in [0.717, 1.165) is 13.0 Å². The van der Waals surface area contributed by atoms with E-state index >= 15 is 0 Å². The van der Waals surface area contributed by atoms with Gasteiger partial charge in [-0.3, -0.25) is 4.79 Å². The van der Waals surface area contributed by atoms with Gasteiger partial charge in [0, 0.05) is 6.54 Å². The molecule has 0 saturated carbocycles. The number of carbonyl (C=O) groups excluding carboxylic acids is 1. The van der Waals surface area contributed by atoms with Crippen LogP contribution in [0.2, 0.25) is 6.32 Å². The summed E-state index contributed by atoms with van der Waals surface area (Å²) in [5, 5.41) is 2.76. The van der Waals surface area contributed by atoms with Crippen LogP contribution >= 0.6 is 0 Å². The lowest BCUT2D eigenvalue weighted by molar-refractivity contribution is -0.118. The van der Waals surface area contributed by atoms with Crippen LogP contribution in [0.1, 0.15) is 45.4 Å². The van der Waals surface area contributed by atoms with Gasteiger partial charge < -0.3 is 5.32 Å². The van der Waals surface area contributed by atoms with Crippen molar-refractivity contribution in [2.45, 2.75) is 51.8 Å². The molecule has 0 bridgehead atoms. The minimum atomic E-state index is -0.0476. The second kappa shape index (κ2) is 9.62. The number of carbonyl (C=O) groups is 1. The lowest BCUT2D eigenvalue weighted by atomic mass is 10.0. The molecule has 13 heavy (non-hydrogen) atoms. The molecule has 0 aromatic heterocycles. The predicted molar refractivity (Wildman–Crippen MR) is 56.9 cm³/mol. The Balaban J connectivity index is 2.95. The molecule has 1 amide bonds. The highest BCUT2D eigenvalue weighted by molar-refractivity contribution is 6.19. The first-order valence-electron chi connectivity index (χ1n) is 5.28. The van der Waals surface area contributed by atoms with Gasteiger partial charge in [0.15, 0.2) is 0 Å². The van der Waals surface area contributed by atoms with Gasteiger partial charge in [-0.1, -0.05) is 39.0 Å². The molecule has 0 rings (SSSR count). The Morgan fingerprint density at radius 2 is 1.77 bits per heavy atom. The third-order valence-corrected chi connectivity index (χ3v) is 2.04. The van der Waals surface area contributed by atoms with Crippen LogP contribution in [0, 0.1) is 0 Å². The molecule has 1 N–H and O–H groups in total. The molecule has 2 radical (unpaired) electrons. The van der Waals surface area contributed by atoms with Gasteiger partial charge in [0.25, 0.3) is 0 Å². The van der Waals surface area contributed by atoms with Crippen LogP contribution in [0.25, 0.3) is 0 Å². The van der Waals surface area contributed by atoms with Gasteiger partial charge in [-0.2, -0.15) is 0 Å². The first-order chi connectivity index (χ1) is 6.31. The van der Waals surface area contributed by atoms with Gasteiger partial charge >= 0.3 is 0 Å². The molecule has 0 aromatic carbocycles. The summed E-state index contributed by atoms with van der Waals surface area (Å²) < 4.78 is 0. The zero-order chi connectivity index (χ0) is 9.94. The van der Waals surface area contributed by atoms with Gasteiger partial charge in [0.05, 0.1) is 7.85 Å². The molecule has 0 aliphatic carbocycles. The van der Waals surface area contributed by atoms with E-state index in [1.165, 1.54) is 32.1 Å². The van der Waals surface area contributed by atoms with Crippen LogP contribution in [0.3, 0.4) is 0 Å². The number of hydrogen-bond acceptors (Lipinski definition) is 1. The molecule has 0 aromatic rings. The van der Waals surface area contributed by atoms with Crippen LogP contribution < -0.4 is 5.32 Å². The Morgan fingerprint density at radius 1 is 1.15 bits per heavy atom. The summed E-state index contributed by atoms with van der Waals surface area (Å²) >= 11 is 0. The number of nitrogens with one attached hydrogen (secondary N) is 1. The van der Waals surface area contributed by atoms with Gasteiger partial charge in [-0.25, -0.2) is 0 Å². The normalized spacial score (nSPS) is 9.92. The minimum Gasteiger partial charge on any atom is -0.357 e. The minimum absolute atomic E-state index is 0.0476. The maximum atomic E-state index is 10.7. The lowest BCUT2D eigenvalue weighted by Gasteiger charge is -2.02. The van der Waals surface area contributed by atoms with E-state index in [-0.39, 0.29) is 12.2 Å². The van der Waals surface area contributed by atoms with Crippen molar-refractivity contribution >= 4 is 13.8 Å². The average Bonchev–Trinajstić information content (AvgIpc) is 2.16. The Labute approximate surface area is 82.9 Å². The average molecular weight is 181 g/mol. The Hall–Kier alpha value is -0.465. The van der Waals surface area contributed by atoms with Gasteiger partial charge in [0.2, 0.25) is 5.91 Å². The molecule has 74 valence electrons.